The summed E-state index contributed by atoms with van der Waals surface area (Å²) in [5.74, 6) is 1.82. The zero-order chi connectivity index (χ0) is 20.5. The van der Waals surface area contributed by atoms with Crippen LogP contribution in [0.3, 0.4) is 0 Å². The molecule has 2 aliphatic rings. The van der Waals surface area contributed by atoms with Crippen LogP contribution in [0.2, 0.25) is 0 Å². The van der Waals surface area contributed by atoms with Gasteiger partial charge < -0.3 is 24.8 Å². The average molecular weight is 554 g/mol. The molecule has 2 heterocycles. The van der Waals surface area contributed by atoms with Gasteiger partial charge in [0.15, 0.2) is 17.5 Å². The van der Waals surface area contributed by atoms with Crippen LogP contribution in [-0.4, -0.2) is 66.2 Å². The van der Waals surface area contributed by atoms with Gasteiger partial charge in [-0.15, -0.1) is 24.0 Å². The second-order valence-electron chi connectivity index (χ2n) is 6.99. The Labute approximate surface area is 195 Å². The second-order valence-corrected chi connectivity index (χ2v) is 8.92. The van der Waals surface area contributed by atoms with Crippen molar-refractivity contribution in [2.24, 2.45) is 4.99 Å². The summed E-state index contributed by atoms with van der Waals surface area (Å²) in [7, 11) is -1.76. The van der Waals surface area contributed by atoms with E-state index in [1.807, 2.05) is 18.2 Å². The molecule has 1 aromatic rings. The molecule has 0 bridgehead atoms. The Morgan fingerprint density at radius 3 is 2.67 bits per heavy atom. The van der Waals surface area contributed by atoms with Gasteiger partial charge in [-0.2, -0.15) is 0 Å². The number of benzene rings is 1. The summed E-state index contributed by atoms with van der Waals surface area (Å²) >= 11 is 0. The lowest BCUT2D eigenvalue weighted by molar-refractivity contribution is 0.0200. The molecule has 30 heavy (non-hydrogen) atoms. The zero-order valence-electron chi connectivity index (χ0n) is 17.2. The fourth-order valence-electron chi connectivity index (χ4n) is 3.12. The summed E-state index contributed by atoms with van der Waals surface area (Å²) in [5.41, 5.74) is 0.776. The van der Waals surface area contributed by atoms with Gasteiger partial charge in [0.2, 0.25) is 10.0 Å². The van der Waals surface area contributed by atoms with Gasteiger partial charge in [-0.1, -0.05) is 0 Å². The first kappa shape index (κ1) is 25.0. The molecular formula is C19H31IN4O5S. The summed E-state index contributed by atoms with van der Waals surface area (Å²) in [6.45, 7) is 2.51. The molecule has 3 rings (SSSR count). The van der Waals surface area contributed by atoms with Crippen molar-refractivity contribution in [1.82, 2.24) is 10.0 Å². The highest BCUT2D eigenvalue weighted by molar-refractivity contribution is 14.0. The van der Waals surface area contributed by atoms with Gasteiger partial charge in [-0.3, -0.25) is 4.99 Å². The van der Waals surface area contributed by atoms with Crippen molar-refractivity contribution in [3.05, 3.63) is 18.2 Å². The Hall–Kier alpha value is -1.31. The first-order chi connectivity index (χ1) is 14.1. The van der Waals surface area contributed by atoms with Crippen LogP contribution in [0, 0.1) is 0 Å². The summed E-state index contributed by atoms with van der Waals surface area (Å²) in [6, 6.07) is 5.55. The molecular weight excluding hydrogens is 523 g/mol. The molecule has 2 aliphatic heterocycles. The standard InChI is InChI=1S/C19H30N4O5S.HI/c1-20-19(23-15-6-7-17-18(13-15)28-11-4-10-27-17)21-8-12-29(24,25)22-14-16-5-2-3-9-26-16;/h6-7,13,16,22H,2-5,8-12,14H2,1H3,(H2,20,21,23);1H. The van der Waals surface area contributed by atoms with Gasteiger partial charge in [0.25, 0.3) is 0 Å². The maximum Gasteiger partial charge on any atom is 0.213 e. The van der Waals surface area contributed by atoms with E-state index in [-0.39, 0.29) is 42.4 Å². The van der Waals surface area contributed by atoms with E-state index in [0.717, 1.165) is 37.1 Å². The average Bonchev–Trinajstić information content (AvgIpc) is 2.97. The van der Waals surface area contributed by atoms with Gasteiger partial charge in [-0.05, 0) is 31.4 Å². The van der Waals surface area contributed by atoms with Gasteiger partial charge in [0.05, 0.1) is 25.1 Å². The molecule has 0 aromatic heterocycles. The smallest absolute Gasteiger partial charge is 0.213 e. The monoisotopic (exact) mass is 554 g/mol. The summed E-state index contributed by atoms with van der Waals surface area (Å²) < 4.78 is 43.9. The van der Waals surface area contributed by atoms with Crippen LogP contribution in [0.5, 0.6) is 11.5 Å². The van der Waals surface area contributed by atoms with Crippen molar-refractivity contribution in [3.8, 4) is 11.5 Å². The number of aliphatic imine (C=N–C) groups is 1. The molecule has 9 nitrogen and oxygen atoms in total. The van der Waals surface area contributed by atoms with Crippen LogP contribution in [0.15, 0.2) is 23.2 Å². The molecule has 0 aliphatic carbocycles. The van der Waals surface area contributed by atoms with Gasteiger partial charge in [-0.25, -0.2) is 13.1 Å². The van der Waals surface area contributed by atoms with E-state index in [0.29, 0.717) is 38.1 Å². The molecule has 0 spiro atoms. The molecule has 0 saturated carbocycles. The number of nitrogens with zero attached hydrogens (tertiary/aromatic N) is 1. The quantitative estimate of drug-likeness (QED) is 0.269. The number of sulfonamides is 1. The van der Waals surface area contributed by atoms with Crippen LogP contribution in [0.25, 0.3) is 0 Å². The number of hydrogen-bond donors (Lipinski definition) is 3. The predicted octanol–water partition coefficient (Wildman–Crippen LogP) is 1.94. The largest absolute Gasteiger partial charge is 0.490 e. The highest BCUT2D eigenvalue weighted by Gasteiger charge is 2.18. The highest BCUT2D eigenvalue weighted by atomic mass is 127. The maximum atomic E-state index is 12.2. The number of fused-ring (bicyclic) bond motifs is 1. The van der Waals surface area contributed by atoms with Crippen molar-refractivity contribution in [2.45, 2.75) is 31.8 Å². The highest BCUT2D eigenvalue weighted by Crippen LogP contribution is 2.32. The number of anilines is 1. The Balaban J connectivity index is 0.00000320. The van der Waals surface area contributed by atoms with E-state index in [9.17, 15) is 8.42 Å². The van der Waals surface area contributed by atoms with Gasteiger partial charge in [0.1, 0.15) is 0 Å². The van der Waals surface area contributed by atoms with E-state index < -0.39 is 10.0 Å². The Kier molecular flexibility index (Phi) is 10.4. The molecule has 0 amide bonds. The van der Waals surface area contributed by atoms with Gasteiger partial charge in [0, 0.05) is 44.9 Å². The fraction of sp³-hybridized carbons (Fsp3) is 0.632. The minimum absolute atomic E-state index is 0. The van der Waals surface area contributed by atoms with E-state index >= 15 is 0 Å². The van der Waals surface area contributed by atoms with Crippen molar-refractivity contribution in [3.63, 3.8) is 0 Å². The Morgan fingerprint density at radius 1 is 1.13 bits per heavy atom. The minimum atomic E-state index is -3.39. The number of halogens is 1. The van der Waals surface area contributed by atoms with Crippen LogP contribution < -0.4 is 24.8 Å². The van der Waals surface area contributed by atoms with Crippen LogP contribution in [0.4, 0.5) is 5.69 Å². The summed E-state index contributed by atoms with van der Waals surface area (Å²) in [4.78, 5) is 4.14. The lowest BCUT2D eigenvalue weighted by atomic mass is 10.1. The normalized spacial score (nSPS) is 19.4. The molecule has 3 N–H and O–H groups in total. The maximum absolute atomic E-state index is 12.2. The molecule has 1 atom stereocenters. The second kappa shape index (κ2) is 12.5. The zero-order valence-corrected chi connectivity index (χ0v) is 20.3. The molecule has 11 heteroatoms. The van der Waals surface area contributed by atoms with Crippen molar-refractivity contribution < 1.29 is 22.6 Å². The van der Waals surface area contributed by atoms with Crippen LogP contribution in [0.1, 0.15) is 25.7 Å². The predicted molar refractivity (Wildman–Crippen MR) is 128 cm³/mol. The topological polar surface area (TPSA) is 110 Å². The van der Waals surface area contributed by atoms with E-state index in [2.05, 4.69) is 20.3 Å². The Morgan fingerprint density at radius 2 is 1.93 bits per heavy atom. The fourth-order valence-corrected chi connectivity index (χ4v) is 4.08. The minimum Gasteiger partial charge on any atom is -0.490 e. The first-order valence-corrected chi connectivity index (χ1v) is 11.7. The van der Waals surface area contributed by atoms with E-state index in [1.165, 1.54) is 0 Å². The van der Waals surface area contributed by atoms with Crippen LogP contribution >= 0.6 is 24.0 Å². The lowest BCUT2D eigenvalue weighted by Crippen LogP contribution is -2.40. The molecule has 1 aromatic carbocycles. The third-order valence-electron chi connectivity index (χ3n) is 4.70. The SMILES string of the molecule is CN=C(NCCS(=O)(=O)NCC1CCCCO1)Nc1ccc2c(c1)OCCCO2.I. The number of hydrogen-bond acceptors (Lipinski definition) is 6. The third-order valence-corrected chi connectivity index (χ3v) is 6.05. The molecule has 1 saturated heterocycles. The number of guanidine groups is 1. The molecule has 0 radical (unpaired) electrons. The Bertz CT molecular complexity index is 800. The molecule has 170 valence electrons. The molecule has 1 unspecified atom stereocenters. The van der Waals surface area contributed by atoms with Crippen molar-refractivity contribution in [1.29, 1.82) is 0 Å². The van der Waals surface area contributed by atoms with Crippen molar-refractivity contribution >= 4 is 45.6 Å². The molecule has 1 fully saturated rings. The number of nitrogens with one attached hydrogen (secondary N) is 3. The third kappa shape index (κ3) is 8.08. The van der Waals surface area contributed by atoms with E-state index in [1.54, 1.807) is 7.05 Å². The van der Waals surface area contributed by atoms with Gasteiger partial charge >= 0.3 is 0 Å². The van der Waals surface area contributed by atoms with E-state index in [4.69, 9.17) is 14.2 Å². The van der Waals surface area contributed by atoms with Crippen LogP contribution in [-0.2, 0) is 14.8 Å². The number of ether oxygens (including phenoxy) is 3. The first-order valence-electron chi connectivity index (χ1n) is 10.0. The van der Waals surface area contributed by atoms with Crippen molar-refractivity contribution in [2.75, 3.05) is 51.0 Å². The summed E-state index contributed by atoms with van der Waals surface area (Å²) in [6.07, 6.45) is 3.84. The lowest BCUT2D eigenvalue weighted by Gasteiger charge is -2.22. The summed E-state index contributed by atoms with van der Waals surface area (Å²) in [5, 5.41) is 6.16. The number of rotatable bonds is 7.